The van der Waals surface area contributed by atoms with E-state index in [1.807, 2.05) is 0 Å². The second kappa shape index (κ2) is 8.57. The fraction of sp³-hybridized carbons (Fsp3) is 0.158. The van der Waals surface area contributed by atoms with Crippen molar-refractivity contribution in [1.82, 2.24) is 20.2 Å². The van der Waals surface area contributed by atoms with Gasteiger partial charge >= 0.3 is 6.03 Å². The number of imide groups is 1. The van der Waals surface area contributed by atoms with E-state index in [0.29, 0.717) is 27.5 Å². The van der Waals surface area contributed by atoms with E-state index in [4.69, 9.17) is 4.74 Å². The minimum absolute atomic E-state index is 0.0899. The molecule has 0 saturated carbocycles. The van der Waals surface area contributed by atoms with Crippen molar-refractivity contribution in [3.8, 4) is 11.4 Å². The number of benzene rings is 2. The first-order valence-corrected chi connectivity index (χ1v) is 9.33. The molecule has 0 fully saturated rings. The fourth-order valence-electron chi connectivity index (χ4n) is 2.59. The molecule has 0 unspecified atom stereocenters. The van der Waals surface area contributed by atoms with Gasteiger partial charge in [-0.2, -0.15) is 0 Å². The summed E-state index contributed by atoms with van der Waals surface area (Å²) < 4.78 is 6.80. The van der Waals surface area contributed by atoms with Crippen LogP contribution in [0.2, 0.25) is 0 Å². The number of ether oxygens (including phenoxy) is 1. The summed E-state index contributed by atoms with van der Waals surface area (Å²) in [6.07, 6.45) is 0. The zero-order valence-corrected chi connectivity index (χ0v) is 16.1. The maximum atomic E-state index is 13.2. The average Bonchev–Trinajstić information content (AvgIpc) is 2.72. The lowest BCUT2D eigenvalue weighted by Gasteiger charge is -2.15. The molecule has 0 radical (unpaired) electrons. The number of aromatic nitrogens is 2. The molecule has 144 valence electrons. The fourth-order valence-corrected chi connectivity index (χ4v) is 3.40. The molecule has 0 saturated heterocycles. The van der Waals surface area contributed by atoms with Crippen molar-refractivity contribution in [3.05, 3.63) is 58.9 Å². The molecule has 0 spiro atoms. The van der Waals surface area contributed by atoms with E-state index in [-0.39, 0.29) is 11.3 Å². The van der Waals surface area contributed by atoms with Gasteiger partial charge in [-0.1, -0.05) is 36.0 Å². The maximum absolute atomic E-state index is 13.2. The first-order valence-electron chi connectivity index (χ1n) is 8.34. The van der Waals surface area contributed by atoms with E-state index in [9.17, 15) is 14.4 Å². The Bertz CT molecular complexity index is 1100. The average molecular weight is 398 g/mol. The van der Waals surface area contributed by atoms with Gasteiger partial charge in [-0.25, -0.2) is 9.78 Å². The number of carbonyl (C=O) groups is 2. The van der Waals surface area contributed by atoms with Crippen molar-refractivity contribution in [2.75, 3.05) is 19.9 Å². The third-order valence-electron chi connectivity index (χ3n) is 3.88. The molecule has 0 aliphatic heterocycles. The van der Waals surface area contributed by atoms with Crippen LogP contribution in [0.1, 0.15) is 0 Å². The summed E-state index contributed by atoms with van der Waals surface area (Å²) in [6.45, 7) is 0. The number of urea groups is 1. The molecule has 1 aromatic heterocycles. The standard InChI is InChI=1S/C19H18N4O4S/c1-20-18(26)22-16(24)11-28-19-21-13-8-4-3-7-12(13)17(25)23(19)14-9-5-6-10-15(14)27-2/h3-10H,11H2,1-2H3,(H2,20,22,24,26). The lowest BCUT2D eigenvalue weighted by molar-refractivity contribution is -0.117. The lowest BCUT2D eigenvalue weighted by atomic mass is 10.2. The van der Waals surface area contributed by atoms with E-state index in [1.54, 1.807) is 48.5 Å². The maximum Gasteiger partial charge on any atom is 0.321 e. The highest BCUT2D eigenvalue weighted by atomic mass is 32.2. The molecular formula is C19H18N4O4S. The zero-order valence-electron chi connectivity index (χ0n) is 15.3. The van der Waals surface area contributed by atoms with Crippen molar-refractivity contribution >= 4 is 34.6 Å². The number of fused-ring (bicyclic) bond motifs is 1. The van der Waals surface area contributed by atoms with Crippen molar-refractivity contribution in [3.63, 3.8) is 0 Å². The monoisotopic (exact) mass is 398 g/mol. The van der Waals surface area contributed by atoms with Crippen molar-refractivity contribution in [1.29, 1.82) is 0 Å². The summed E-state index contributed by atoms with van der Waals surface area (Å²) in [5, 5.41) is 5.27. The molecule has 2 N–H and O–H groups in total. The number of hydrogen-bond donors (Lipinski definition) is 2. The Morgan fingerprint density at radius 3 is 2.61 bits per heavy atom. The highest BCUT2D eigenvalue weighted by Crippen LogP contribution is 2.26. The molecule has 0 bridgehead atoms. The minimum Gasteiger partial charge on any atom is -0.495 e. The van der Waals surface area contributed by atoms with Gasteiger partial charge in [0.05, 0.1) is 29.5 Å². The number of thioether (sulfide) groups is 1. The first-order chi connectivity index (χ1) is 13.5. The van der Waals surface area contributed by atoms with Gasteiger partial charge in [-0.05, 0) is 24.3 Å². The Kier molecular flexibility index (Phi) is 5.95. The second-order valence-corrected chi connectivity index (χ2v) is 6.58. The number of hydrogen-bond acceptors (Lipinski definition) is 6. The lowest BCUT2D eigenvalue weighted by Crippen LogP contribution is -2.38. The number of nitrogens with zero attached hydrogens (tertiary/aromatic N) is 2. The molecule has 0 atom stereocenters. The Hall–Kier alpha value is -3.33. The molecule has 3 aromatic rings. The van der Waals surface area contributed by atoms with Gasteiger partial charge in [0.2, 0.25) is 5.91 Å². The number of amides is 3. The highest BCUT2D eigenvalue weighted by molar-refractivity contribution is 7.99. The first kappa shape index (κ1) is 19.4. The highest BCUT2D eigenvalue weighted by Gasteiger charge is 2.17. The Balaban J connectivity index is 2.09. The molecule has 1 heterocycles. The summed E-state index contributed by atoms with van der Waals surface area (Å²) in [5.74, 6) is -0.0930. The molecular weight excluding hydrogens is 380 g/mol. The topological polar surface area (TPSA) is 102 Å². The predicted octanol–water partition coefficient (Wildman–Crippen LogP) is 1.94. The summed E-state index contributed by atoms with van der Waals surface area (Å²) in [6, 6.07) is 13.4. The molecule has 2 aromatic carbocycles. The van der Waals surface area contributed by atoms with Gasteiger partial charge in [-0.15, -0.1) is 0 Å². The Labute approximate surface area is 164 Å². The summed E-state index contributed by atoms with van der Waals surface area (Å²) in [5.41, 5.74) is 0.764. The SMILES string of the molecule is CNC(=O)NC(=O)CSc1nc2ccccc2c(=O)n1-c1ccccc1OC. The quantitative estimate of drug-likeness (QED) is 0.503. The Morgan fingerprint density at radius 1 is 1.14 bits per heavy atom. The van der Waals surface area contributed by atoms with Crippen LogP contribution < -0.4 is 20.9 Å². The molecule has 3 amide bonds. The van der Waals surface area contributed by atoms with E-state index < -0.39 is 11.9 Å². The zero-order chi connectivity index (χ0) is 20.1. The van der Waals surface area contributed by atoms with Gasteiger partial charge < -0.3 is 10.1 Å². The van der Waals surface area contributed by atoms with E-state index in [2.05, 4.69) is 15.6 Å². The van der Waals surface area contributed by atoms with Gasteiger partial charge in [0.15, 0.2) is 5.16 Å². The summed E-state index contributed by atoms with van der Waals surface area (Å²) in [4.78, 5) is 41.0. The van der Waals surface area contributed by atoms with Gasteiger partial charge in [0.25, 0.3) is 5.56 Å². The van der Waals surface area contributed by atoms with Crippen LogP contribution in [0.3, 0.4) is 0 Å². The van der Waals surface area contributed by atoms with Crippen molar-refractivity contribution in [2.24, 2.45) is 0 Å². The van der Waals surface area contributed by atoms with E-state index in [0.717, 1.165) is 11.8 Å². The summed E-state index contributed by atoms with van der Waals surface area (Å²) >= 11 is 1.05. The van der Waals surface area contributed by atoms with Crippen LogP contribution in [0.15, 0.2) is 58.5 Å². The van der Waals surface area contributed by atoms with E-state index >= 15 is 0 Å². The number of nitrogens with one attached hydrogen (secondary N) is 2. The molecule has 0 aliphatic carbocycles. The van der Waals surface area contributed by atoms with E-state index in [1.165, 1.54) is 18.7 Å². The smallest absolute Gasteiger partial charge is 0.321 e. The third kappa shape index (κ3) is 3.99. The van der Waals surface area contributed by atoms with Crippen LogP contribution >= 0.6 is 11.8 Å². The Morgan fingerprint density at radius 2 is 1.86 bits per heavy atom. The van der Waals surface area contributed by atoms with Crippen LogP contribution in [-0.4, -0.2) is 41.4 Å². The van der Waals surface area contributed by atoms with Crippen LogP contribution in [0.5, 0.6) is 5.75 Å². The normalized spacial score (nSPS) is 10.5. The number of para-hydroxylation sites is 3. The summed E-state index contributed by atoms with van der Waals surface area (Å²) in [7, 11) is 2.93. The van der Waals surface area contributed by atoms with Crippen molar-refractivity contribution < 1.29 is 14.3 Å². The van der Waals surface area contributed by atoms with Gasteiger partial charge in [0.1, 0.15) is 5.75 Å². The number of methoxy groups -OCH3 is 1. The van der Waals surface area contributed by atoms with Crippen LogP contribution in [0.4, 0.5) is 4.79 Å². The largest absolute Gasteiger partial charge is 0.495 e. The second-order valence-electron chi connectivity index (χ2n) is 5.64. The predicted molar refractivity (Wildman–Crippen MR) is 107 cm³/mol. The van der Waals surface area contributed by atoms with Crippen LogP contribution in [0.25, 0.3) is 16.6 Å². The number of carbonyl (C=O) groups excluding carboxylic acids is 2. The third-order valence-corrected chi connectivity index (χ3v) is 4.82. The molecule has 3 rings (SSSR count). The van der Waals surface area contributed by atoms with Crippen molar-refractivity contribution in [2.45, 2.75) is 5.16 Å². The molecule has 9 heteroatoms. The van der Waals surface area contributed by atoms with Crippen LogP contribution in [-0.2, 0) is 4.79 Å². The van der Waals surface area contributed by atoms with Crippen LogP contribution in [0, 0.1) is 0 Å². The van der Waals surface area contributed by atoms with Gasteiger partial charge in [-0.3, -0.25) is 19.5 Å². The molecule has 8 nitrogen and oxygen atoms in total. The minimum atomic E-state index is -0.598. The molecule has 0 aliphatic rings. The molecule has 28 heavy (non-hydrogen) atoms. The van der Waals surface area contributed by atoms with Gasteiger partial charge in [0, 0.05) is 7.05 Å². The number of rotatable bonds is 5.